The number of hydrogen-bond donors (Lipinski definition) is 4. The first-order chi connectivity index (χ1) is 18.9. The lowest BCUT2D eigenvalue weighted by molar-refractivity contribution is -0.127. The van der Waals surface area contributed by atoms with Crippen LogP contribution in [0.1, 0.15) is 38.7 Å². The van der Waals surface area contributed by atoms with Crippen molar-refractivity contribution < 1.29 is 32.8 Å². The van der Waals surface area contributed by atoms with Crippen LogP contribution in [0.5, 0.6) is 0 Å². The first-order valence-corrected chi connectivity index (χ1v) is 13.3. The highest BCUT2D eigenvalue weighted by atomic mass is 19.3. The van der Waals surface area contributed by atoms with E-state index in [-0.39, 0.29) is 37.5 Å². The Balaban J connectivity index is 1.35. The van der Waals surface area contributed by atoms with Gasteiger partial charge in [-0.15, -0.1) is 0 Å². The fourth-order valence-electron chi connectivity index (χ4n) is 5.37. The molecule has 13 heteroatoms. The SMILES string of the molecule is CC(C)(C=C(C#N)C(=O)N1CCC[C@@H]1CNC(=O)N[C@@H](Cc1coc2ccccc12)B(O)O)N1CCC(F)(F)C1. The van der Waals surface area contributed by atoms with E-state index < -0.39 is 43.0 Å². The summed E-state index contributed by atoms with van der Waals surface area (Å²) >= 11 is 0. The summed E-state index contributed by atoms with van der Waals surface area (Å²) in [5.74, 6) is -4.33. The molecule has 2 aliphatic heterocycles. The minimum absolute atomic E-state index is 0.0842. The Morgan fingerprint density at radius 3 is 2.75 bits per heavy atom. The fourth-order valence-corrected chi connectivity index (χ4v) is 5.37. The van der Waals surface area contributed by atoms with Crippen LogP contribution >= 0.6 is 0 Å². The first-order valence-electron chi connectivity index (χ1n) is 13.3. The summed E-state index contributed by atoms with van der Waals surface area (Å²) in [5, 5.41) is 35.5. The zero-order chi connectivity index (χ0) is 29.1. The van der Waals surface area contributed by atoms with E-state index in [2.05, 4.69) is 10.6 Å². The third-order valence-corrected chi connectivity index (χ3v) is 7.65. The van der Waals surface area contributed by atoms with E-state index in [4.69, 9.17) is 4.42 Å². The topological polar surface area (TPSA) is 142 Å². The van der Waals surface area contributed by atoms with Crippen molar-refractivity contribution in [2.75, 3.05) is 26.2 Å². The molecule has 2 atom stereocenters. The third-order valence-electron chi connectivity index (χ3n) is 7.65. The minimum Gasteiger partial charge on any atom is -0.464 e. The lowest BCUT2D eigenvalue weighted by Gasteiger charge is -2.33. The maximum Gasteiger partial charge on any atom is 0.475 e. The van der Waals surface area contributed by atoms with Gasteiger partial charge in [0.2, 0.25) is 0 Å². The van der Waals surface area contributed by atoms with Crippen LogP contribution < -0.4 is 10.6 Å². The number of halogens is 2. The van der Waals surface area contributed by atoms with Crippen LogP contribution in [-0.2, 0) is 11.2 Å². The Hall–Kier alpha value is -3.47. The summed E-state index contributed by atoms with van der Waals surface area (Å²) in [6, 6.07) is 8.19. The minimum atomic E-state index is -2.80. The molecule has 0 unspecified atom stereocenters. The van der Waals surface area contributed by atoms with Gasteiger partial charge in [-0.3, -0.25) is 9.69 Å². The smallest absolute Gasteiger partial charge is 0.464 e. The fraction of sp³-hybridized carbons (Fsp3) is 0.519. The van der Waals surface area contributed by atoms with Gasteiger partial charge in [0.25, 0.3) is 11.8 Å². The number of nitriles is 1. The lowest BCUT2D eigenvalue weighted by atomic mass is 9.76. The van der Waals surface area contributed by atoms with Crippen LogP contribution in [0.4, 0.5) is 13.6 Å². The highest BCUT2D eigenvalue weighted by Crippen LogP contribution is 2.33. The van der Waals surface area contributed by atoms with Gasteiger partial charge in [-0.25, -0.2) is 13.6 Å². The van der Waals surface area contributed by atoms with Crippen LogP contribution in [0, 0.1) is 11.3 Å². The van der Waals surface area contributed by atoms with Crippen molar-refractivity contribution in [3.8, 4) is 6.07 Å². The van der Waals surface area contributed by atoms with Crippen LogP contribution in [-0.4, -0.2) is 88.5 Å². The molecule has 214 valence electrons. The zero-order valence-corrected chi connectivity index (χ0v) is 22.6. The van der Waals surface area contributed by atoms with Gasteiger partial charge in [-0.2, -0.15) is 5.26 Å². The van der Waals surface area contributed by atoms with Gasteiger partial charge >= 0.3 is 13.1 Å². The number of fused-ring (bicyclic) bond motifs is 1. The molecule has 1 aromatic heterocycles. The van der Waals surface area contributed by atoms with Gasteiger partial charge in [0.15, 0.2) is 0 Å². The summed E-state index contributed by atoms with van der Waals surface area (Å²) in [7, 11) is -1.83. The largest absolute Gasteiger partial charge is 0.475 e. The molecule has 4 rings (SSSR count). The van der Waals surface area contributed by atoms with Crippen molar-refractivity contribution in [2.45, 2.75) is 63.0 Å². The lowest BCUT2D eigenvalue weighted by Crippen LogP contribution is -2.53. The molecule has 0 spiro atoms. The normalized spacial score (nSPS) is 20.4. The summed E-state index contributed by atoms with van der Waals surface area (Å²) in [6.45, 7) is 3.60. The number of amides is 3. The van der Waals surface area contributed by atoms with Gasteiger partial charge in [0.1, 0.15) is 17.2 Å². The van der Waals surface area contributed by atoms with Crippen LogP contribution in [0.25, 0.3) is 11.0 Å². The molecule has 40 heavy (non-hydrogen) atoms. The van der Waals surface area contributed by atoms with Gasteiger partial charge in [-0.1, -0.05) is 18.2 Å². The molecule has 3 amide bonds. The number of furan rings is 1. The van der Waals surface area contributed by atoms with E-state index in [0.29, 0.717) is 30.5 Å². The number of nitrogens with one attached hydrogen (secondary N) is 2. The predicted molar refractivity (Wildman–Crippen MR) is 144 cm³/mol. The molecule has 4 N–H and O–H groups in total. The molecule has 3 heterocycles. The second-order valence-electron chi connectivity index (χ2n) is 11.0. The van der Waals surface area contributed by atoms with E-state index in [1.54, 1.807) is 24.8 Å². The molecule has 0 bridgehead atoms. The maximum atomic E-state index is 13.8. The standard InChI is InChI=1S/C27H34BF2N5O5/c1-26(2,34-11-9-27(29,30)17-34)13-19(14-31)24(36)35-10-5-6-20(35)15-32-25(37)33-23(28(38)39)12-18-16-40-22-8-4-3-7-21(18)22/h3-4,7-8,13,16,20,23,38-39H,5-6,9-12,15,17H2,1-2H3,(H2,32,33,37)/t20-,23+/m1/s1. The molecule has 2 aliphatic rings. The molecule has 0 radical (unpaired) electrons. The number of alkyl halides is 2. The van der Waals surface area contributed by atoms with Crippen molar-refractivity contribution in [3.63, 3.8) is 0 Å². The number of hydrogen-bond acceptors (Lipinski definition) is 7. The summed E-state index contributed by atoms with van der Waals surface area (Å²) < 4.78 is 33.0. The summed E-state index contributed by atoms with van der Waals surface area (Å²) in [4.78, 5) is 29.0. The van der Waals surface area contributed by atoms with Crippen molar-refractivity contribution in [1.29, 1.82) is 5.26 Å². The second kappa shape index (κ2) is 12.0. The number of carbonyl (C=O) groups is 2. The Kier molecular flexibility index (Phi) is 8.82. The molecule has 1 aromatic carbocycles. The zero-order valence-electron chi connectivity index (χ0n) is 22.6. The average molecular weight is 557 g/mol. The number of urea groups is 1. The molecule has 0 aliphatic carbocycles. The van der Waals surface area contributed by atoms with Crippen LogP contribution in [0.2, 0.25) is 0 Å². The van der Waals surface area contributed by atoms with Gasteiger partial charge in [0.05, 0.1) is 18.7 Å². The summed E-state index contributed by atoms with van der Waals surface area (Å²) in [5.41, 5.74) is 0.297. The summed E-state index contributed by atoms with van der Waals surface area (Å²) in [6.07, 6.45) is 4.07. The Morgan fingerprint density at radius 2 is 2.08 bits per heavy atom. The Labute approximate surface area is 231 Å². The number of carbonyl (C=O) groups excluding carboxylic acids is 2. The van der Waals surface area contributed by atoms with Gasteiger partial charge < -0.3 is 30.0 Å². The molecule has 2 fully saturated rings. The van der Waals surface area contributed by atoms with Crippen molar-refractivity contribution >= 4 is 30.0 Å². The molecular weight excluding hydrogens is 523 g/mol. The Bertz CT molecular complexity index is 1310. The molecule has 0 saturated carbocycles. The molecule has 2 aromatic rings. The Morgan fingerprint density at radius 1 is 1.32 bits per heavy atom. The number of likely N-dealkylation sites (tertiary alicyclic amines) is 2. The van der Waals surface area contributed by atoms with Crippen LogP contribution in [0.3, 0.4) is 0 Å². The quantitative estimate of drug-likeness (QED) is 0.211. The monoisotopic (exact) mass is 557 g/mol. The van der Waals surface area contributed by atoms with E-state index in [1.165, 1.54) is 17.2 Å². The number of benzene rings is 1. The predicted octanol–water partition coefficient (Wildman–Crippen LogP) is 2.22. The van der Waals surface area contributed by atoms with E-state index >= 15 is 0 Å². The molecule has 2 saturated heterocycles. The highest BCUT2D eigenvalue weighted by molar-refractivity contribution is 6.43. The van der Waals surface area contributed by atoms with Crippen molar-refractivity contribution in [2.24, 2.45) is 0 Å². The molecule has 10 nitrogen and oxygen atoms in total. The van der Waals surface area contributed by atoms with Gasteiger partial charge in [0, 0.05) is 43.0 Å². The number of rotatable bonds is 9. The second-order valence-corrected chi connectivity index (χ2v) is 11.0. The molecular formula is C27H34BF2N5O5. The third kappa shape index (κ3) is 6.81. The van der Waals surface area contributed by atoms with Crippen molar-refractivity contribution in [1.82, 2.24) is 20.4 Å². The van der Waals surface area contributed by atoms with E-state index in [0.717, 1.165) is 5.39 Å². The first kappa shape index (κ1) is 29.5. The number of para-hydroxylation sites is 1. The van der Waals surface area contributed by atoms with Gasteiger partial charge in [-0.05, 0) is 50.8 Å². The highest BCUT2D eigenvalue weighted by Gasteiger charge is 2.43. The van der Waals surface area contributed by atoms with Crippen LogP contribution in [0.15, 0.2) is 46.6 Å². The maximum absolute atomic E-state index is 13.8. The average Bonchev–Trinajstić information content (AvgIpc) is 3.64. The van der Waals surface area contributed by atoms with E-state index in [9.17, 15) is 33.7 Å². The van der Waals surface area contributed by atoms with Crippen molar-refractivity contribution in [3.05, 3.63) is 47.7 Å². The van der Waals surface area contributed by atoms with E-state index in [1.807, 2.05) is 24.3 Å². The number of nitrogens with zero attached hydrogens (tertiary/aromatic N) is 3.